The maximum absolute atomic E-state index is 5.49. The Kier molecular flexibility index (Phi) is 12.4. The average molecular weight is 420 g/mol. The highest BCUT2D eigenvalue weighted by molar-refractivity contribution is 5.79. The van der Waals surface area contributed by atoms with Crippen LogP contribution in [-0.4, -0.2) is 89.0 Å². The van der Waals surface area contributed by atoms with E-state index in [0.29, 0.717) is 19.8 Å². The van der Waals surface area contributed by atoms with Gasteiger partial charge in [-0.2, -0.15) is 0 Å². The van der Waals surface area contributed by atoms with Crippen molar-refractivity contribution >= 4 is 5.96 Å². The highest BCUT2D eigenvalue weighted by Gasteiger charge is 2.12. The number of aliphatic imine (C=N–C) groups is 1. The summed E-state index contributed by atoms with van der Waals surface area (Å²) in [7, 11) is 3.90. The number of hydrogen-bond acceptors (Lipinski definition) is 5. The van der Waals surface area contributed by atoms with Gasteiger partial charge in [-0.15, -0.1) is 0 Å². The van der Waals surface area contributed by atoms with Crippen LogP contribution in [0.1, 0.15) is 30.9 Å². The van der Waals surface area contributed by atoms with Crippen molar-refractivity contribution in [2.45, 2.75) is 32.9 Å². The smallest absolute Gasteiger partial charge is 0.191 e. The van der Waals surface area contributed by atoms with Crippen LogP contribution in [-0.2, 0) is 22.6 Å². The molecule has 1 aromatic rings. The minimum atomic E-state index is 0.645. The van der Waals surface area contributed by atoms with E-state index in [1.165, 1.54) is 30.6 Å². The monoisotopic (exact) mass is 419 g/mol. The molecule has 2 N–H and O–H groups in total. The number of nitrogens with one attached hydrogen (secondary N) is 2. The van der Waals surface area contributed by atoms with E-state index in [4.69, 9.17) is 14.5 Å². The standard InChI is InChI=1S/C23H41N5O2/c1-4-24-23(25-11-5-16-30-18-17-29-3)26-19-21-7-9-22(10-8-21)20-28-13-6-12-27(2)14-15-28/h7-10H,4-6,11-20H2,1-3H3,(H2,24,25,26). The Hall–Kier alpha value is -1.67. The second-order valence-electron chi connectivity index (χ2n) is 7.83. The molecule has 1 fully saturated rings. The van der Waals surface area contributed by atoms with Crippen LogP contribution < -0.4 is 10.6 Å². The molecule has 1 saturated heterocycles. The maximum Gasteiger partial charge on any atom is 0.191 e. The molecule has 0 atom stereocenters. The van der Waals surface area contributed by atoms with Crippen LogP contribution in [0.15, 0.2) is 29.3 Å². The van der Waals surface area contributed by atoms with Crippen molar-refractivity contribution in [3.05, 3.63) is 35.4 Å². The number of nitrogens with zero attached hydrogens (tertiary/aromatic N) is 3. The molecule has 0 radical (unpaired) electrons. The summed E-state index contributed by atoms with van der Waals surface area (Å²) in [6.07, 6.45) is 2.19. The zero-order valence-corrected chi connectivity index (χ0v) is 19.2. The molecule has 170 valence electrons. The zero-order valence-electron chi connectivity index (χ0n) is 19.2. The predicted molar refractivity (Wildman–Crippen MR) is 124 cm³/mol. The van der Waals surface area contributed by atoms with E-state index in [9.17, 15) is 0 Å². The van der Waals surface area contributed by atoms with Crippen LogP contribution in [0.5, 0.6) is 0 Å². The molecule has 0 unspecified atom stereocenters. The highest BCUT2D eigenvalue weighted by Crippen LogP contribution is 2.11. The number of likely N-dealkylation sites (N-methyl/N-ethyl adjacent to an activating group) is 1. The van der Waals surface area contributed by atoms with Crippen LogP contribution in [0.2, 0.25) is 0 Å². The molecule has 0 saturated carbocycles. The van der Waals surface area contributed by atoms with Gasteiger partial charge in [-0.05, 0) is 51.0 Å². The first-order valence-electron chi connectivity index (χ1n) is 11.3. The Morgan fingerprint density at radius 1 is 1.00 bits per heavy atom. The topological polar surface area (TPSA) is 61.4 Å². The second-order valence-corrected chi connectivity index (χ2v) is 7.83. The lowest BCUT2D eigenvalue weighted by Crippen LogP contribution is -2.38. The molecule has 1 heterocycles. The molecule has 7 heteroatoms. The van der Waals surface area contributed by atoms with Gasteiger partial charge in [0.05, 0.1) is 19.8 Å². The second kappa shape index (κ2) is 15.2. The Balaban J connectivity index is 1.74. The molecular formula is C23H41N5O2. The number of hydrogen-bond donors (Lipinski definition) is 2. The van der Waals surface area contributed by atoms with E-state index >= 15 is 0 Å². The van der Waals surface area contributed by atoms with Crippen LogP contribution in [0.25, 0.3) is 0 Å². The molecule has 0 spiro atoms. The van der Waals surface area contributed by atoms with E-state index < -0.39 is 0 Å². The first-order chi connectivity index (χ1) is 14.7. The summed E-state index contributed by atoms with van der Waals surface area (Å²) >= 11 is 0. The first-order valence-corrected chi connectivity index (χ1v) is 11.3. The third kappa shape index (κ3) is 10.4. The Morgan fingerprint density at radius 3 is 2.57 bits per heavy atom. The van der Waals surface area contributed by atoms with Crippen molar-refractivity contribution < 1.29 is 9.47 Å². The Labute approximate surface area is 182 Å². The fraction of sp³-hybridized carbons (Fsp3) is 0.696. The van der Waals surface area contributed by atoms with Crippen LogP contribution in [0.4, 0.5) is 0 Å². The minimum absolute atomic E-state index is 0.645. The lowest BCUT2D eigenvalue weighted by Gasteiger charge is -2.20. The molecule has 30 heavy (non-hydrogen) atoms. The SMILES string of the molecule is CCNC(=NCc1ccc(CN2CCCN(C)CC2)cc1)NCCCOCCOC. The van der Waals surface area contributed by atoms with Crippen LogP contribution >= 0.6 is 0 Å². The molecule has 0 aliphatic carbocycles. The molecule has 7 nitrogen and oxygen atoms in total. The number of benzene rings is 1. The van der Waals surface area contributed by atoms with Crippen LogP contribution in [0, 0.1) is 0 Å². The molecule has 1 aliphatic rings. The molecule has 0 aromatic heterocycles. The van der Waals surface area contributed by atoms with Crippen molar-refractivity contribution in [2.24, 2.45) is 4.99 Å². The van der Waals surface area contributed by atoms with Gasteiger partial charge in [0.2, 0.25) is 0 Å². The first kappa shape index (κ1) is 24.6. The molecule has 1 aromatic carbocycles. The van der Waals surface area contributed by atoms with Gasteiger partial charge in [0, 0.05) is 46.4 Å². The van der Waals surface area contributed by atoms with Gasteiger partial charge in [-0.1, -0.05) is 24.3 Å². The Bertz CT molecular complexity index is 594. The fourth-order valence-corrected chi connectivity index (χ4v) is 3.40. The van der Waals surface area contributed by atoms with E-state index in [1.807, 2.05) is 0 Å². The lowest BCUT2D eigenvalue weighted by molar-refractivity contribution is 0.0698. The van der Waals surface area contributed by atoms with E-state index in [0.717, 1.165) is 51.7 Å². The number of rotatable bonds is 12. The van der Waals surface area contributed by atoms with Crippen LogP contribution in [0.3, 0.4) is 0 Å². The van der Waals surface area contributed by atoms with Crippen molar-refractivity contribution in [1.82, 2.24) is 20.4 Å². The molecular weight excluding hydrogens is 378 g/mol. The summed E-state index contributed by atoms with van der Waals surface area (Å²) < 4.78 is 10.5. The molecule has 1 aliphatic heterocycles. The zero-order chi connectivity index (χ0) is 21.4. The fourth-order valence-electron chi connectivity index (χ4n) is 3.40. The largest absolute Gasteiger partial charge is 0.382 e. The van der Waals surface area contributed by atoms with Crippen molar-refractivity contribution in [3.63, 3.8) is 0 Å². The van der Waals surface area contributed by atoms with E-state index in [-0.39, 0.29) is 0 Å². The Morgan fingerprint density at radius 2 is 1.80 bits per heavy atom. The van der Waals surface area contributed by atoms with E-state index in [2.05, 4.69) is 58.7 Å². The van der Waals surface area contributed by atoms with E-state index in [1.54, 1.807) is 7.11 Å². The van der Waals surface area contributed by atoms with Crippen molar-refractivity contribution in [2.75, 3.05) is 73.2 Å². The predicted octanol–water partition coefficient (Wildman–Crippen LogP) is 1.93. The third-order valence-corrected chi connectivity index (χ3v) is 5.19. The van der Waals surface area contributed by atoms with Gasteiger partial charge in [-0.3, -0.25) is 4.90 Å². The van der Waals surface area contributed by atoms with Gasteiger partial charge < -0.3 is 25.0 Å². The van der Waals surface area contributed by atoms with Gasteiger partial charge >= 0.3 is 0 Å². The van der Waals surface area contributed by atoms with Gasteiger partial charge in [0.25, 0.3) is 0 Å². The molecule has 0 amide bonds. The summed E-state index contributed by atoms with van der Waals surface area (Å²) in [5, 5.41) is 6.68. The summed E-state index contributed by atoms with van der Waals surface area (Å²) in [6.45, 7) is 12.2. The van der Waals surface area contributed by atoms with Crippen molar-refractivity contribution in [3.8, 4) is 0 Å². The summed E-state index contributed by atoms with van der Waals surface area (Å²) in [6, 6.07) is 8.90. The summed E-state index contributed by atoms with van der Waals surface area (Å²) in [4.78, 5) is 9.70. The third-order valence-electron chi connectivity index (χ3n) is 5.19. The summed E-state index contributed by atoms with van der Waals surface area (Å²) in [5.74, 6) is 0.854. The van der Waals surface area contributed by atoms with Gasteiger partial charge in [0.15, 0.2) is 5.96 Å². The van der Waals surface area contributed by atoms with Crippen molar-refractivity contribution in [1.29, 1.82) is 0 Å². The average Bonchev–Trinajstić information content (AvgIpc) is 2.96. The van der Waals surface area contributed by atoms with Gasteiger partial charge in [-0.25, -0.2) is 4.99 Å². The number of methoxy groups -OCH3 is 1. The number of ether oxygens (including phenoxy) is 2. The maximum atomic E-state index is 5.49. The minimum Gasteiger partial charge on any atom is -0.382 e. The normalized spacial score (nSPS) is 16.4. The quantitative estimate of drug-likeness (QED) is 0.307. The lowest BCUT2D eigenvalue weighted by atomic mass is 10.1. The molecule has 0 bridgehead atoms. The highest BCUT2D eigenvalue weighted by atomic mass is 16.5. The number of guanidine groups is 1. The summed E-state index contributed by atoms with van der Waals surface area (Å²) in [5.41, 5.74) is 2.61. The van der Waals surface area contributed by atoms with Gasteiger partial charge in [0.1, 0.15) is 0 Å². The molecule has 2 rings (SSSR count).